The molecule has 0 aliphatic carbocycles. The van der Waals surface area contributed by atoms with Crippen LogP contribution >= 0.6 is 11.8 Å². The van der Waals surface area contributed by atoms with E-state index in [1.807, 2.05) is 0 Å². The molecule has 1 aromatic rings. The van der Waals surface area contributed by atoms with Gasteiger partial charge in [-0.2, -0.15) is 0 Å². The number of hydrogen-bond donors (Lipinski definition) is 0. The Morgan fingerprint density at radius 1 is 1.25 bits per heavy atom. The van der Waals surface area contributed by atoms with Crippen LogP contribution in [0.5, 0.6) is 0 Å². The van der Waals surface area contributed by atoms with Crippen molar-refractivity contribution in [1.82, 2.24) is 0 Å². The fourth-order valence-corrected chi connectivity index (χ4v) is 2.57. The van der Waals surface area contributed by atoms with Crippen LogP contribution in [0.4, 0.5) is 0 Å². The van der Waals surface area contributed by atoms with E-state index < -0.39 is 0 Å². The van der Waals surface area contributed by atoms with Gasteiger partial charge < -0.3 is 4.74 Å². The number of ether oxygens (including phenoxy) is 1. The molecule has 1 heterocycles. The smallest absolute Gasteiger partial charge is 0.0847 e. The Bertz CT molecular complexity index is 333. The van der Waals surface area contributed by atoms with Crippen LogP contribution in [-0.4, -0.2) is 18.5 Å². The molecule has 1 aliphatic rings. The minimum absolute atomic E-state index is 0.514. The van der Waals surface area contributed by atoms with E-state index in [4.69, 9.17) is 4.74 Å². The third-order valence-electron chi connectivity index (χ3n) is 3.36. The Morgan fingerprint density at radius 3 is 2.44 bits per heavy atom. The highest BCUT2D eigenvalue weighted by atomic mass is 32.2. The van der Waals surface area contributed by atoms with Crippen LogP contribution in [0.1, 0.15) is 38.2 Å². The number of hydrogen-bond acceptors (Lipinski definition) is 2. The highest BCUT2D eigenvalue weighted by molar-refractivity contribution is 7.98. The van der Waals surface area contributed by atoms with E-state index in [2.05, 4.69) is 44.4 Å². The molecule has 0 bridgehead atoms. The summed E-state index contributed by atoms with van der Waals surface area (Å²) < 4.78 is 5.60. The van der Waals surface area contributed by atoms with Crippen molar-refractivity contribution < 1.29 is 4.74 Å². The van der Waals surface area contributed by atoms with Gasteiger partial charge in [0.2, 0.25) is 0 Å². The van der Waals surface area contributed by atoms with E-state index in [-0.39, 0.29) is 0 Å². The van der Waals surface area contributed by atoms with Crippen molar-refractivity contribution in [2.45, 2.75) is 49.7 Å². The monoisotopic (exact) mass is 236 g/mol. The van der Waals surface area contributed by atoms with Crippen LogP contribution in [0.25, 0.3) is 0 Å². The molecule has 2 rings (SSSR count). The molecule has 0 amide bonds. The molecule has 1 saturated heterocycles. The quantitative estimate of drug-likeness (QED) is 0.564. The molecule has 0 aromatic heterocycles. The average molecular weight is 236 g/mol. The van der Waals surface area contributed by atoms with Crippen molar-refractivity contribution in [3.05, 3.63) is 29.8 Å². The lowest BCUT2D eigenvalue weighted by Gasteiger charge is -2.10. The summed E-state index contributed by atoms with van der Waals surface area (Å²) in [5.74, 6) is 0.609. The van der Waals surface area contributed by atoms with E-state index in [1.54, 1.807) is 11.8 Å². The number of benzene rings is 1. The van der Waals surface area contributed by atoms with E-state index >= 15 is 0 Å². The van der Waals surface area contributed by atoms with E-state index in [0.717, 1.165) is 12.8 Å². The van der Waals surface area contributed by atoms with E-state index in [1.165, 1.54) is 10.5 Å². The summed E-state index contributed by atoms with van der Waals surface area (Å²) >= 11 is 1.79. The second-order valence-corrected chi connectivity index (χ2v) is 5.41. The summed E-state index contributed by atoms with van der Waals surface area (Å²) in [6.45, 7) is 4.49. The number of thioether (sulfide) groups is 1. The van der Waals surface area contributed by atoms with Gasteiger partial charge in [-0.1, -0.05) is 26.0 Å². The average Bonchev–Trinajstić information content (AvgIpc) is 3.07. The van der Waals surface area contributed by atoms with E-state index in [0.29, 0.717) is 18.1 Å². The van der Waals surface area contributed by atoms with Crippen molar-refractivity contribution in [2.24, 2.45) is 0 Å². The SMILES string of the molecule is CCC1OC1CC(C)c1ccc(SC)cc1. The second-order valence-electron chi connectivity index (χ2n) is 4.53. The van der Waals surface area contributed by atoms with Crippen LogP contribution in [0.15, 0.2) is 29.2 Å². The lowest BCUT2D eigenvalue weighted by molar-refractivity contribution is 0.353. The van der Waals surface area contributed by atoms with Gasteiger partial charge in [-0.25, -0.2) is 0 Å². The molecule has 0 N–H and O–H groups in total. The van der Waals surface area contributed by atoms with Crippen LogP contribution in [-0.2, 0) is 4.74 Å². The normalized spacial score (nSPS) is 25.4. The van der Waals surface area contributed by atoms with Gasteiger partial charge in [0.15, 0.2) is 0 Å². The summed E-state index contributed by atoms with van der Waals surface area (Å²) in [6.07, 6.45) is 5.48. The molecule has 2 heteroatoms. The molecule has 1 fully saturated rings. The third kappa shape index (κ3) is 2.80. The number of rotatable bonds is 5. The van der Waals surface area contributed by atoms with Gasteiger partial charge in [0.1, 0.15) is 0 Å². The topological polar surface area (TPSA) is 12.5 Å². The molecule has 16 heavy (non-hydrogen) atoms. The van der Waals surface area contributed by atoms with Crippen molar-refractivity contribution in [3.63, 3.8) is 0 Å². The maximum Gasteiger partial charge on any atom is 0.0847 e. The third-order valence-corrected chi connectivity index (χ3v) is 4.10. The first-order valence-electron chi connectivity index (χ1n) is 6.04. The first-order chi connectivity index (χ1) is 7.74. The van der Waals surface area contributed by atoms with Gasteiger partial charge in [0, 0.05) is 4.90 Å². The van der Waals surface area contributed by atoms with Crippen molar-refractivity contribution >= 4 is 11.8 Å². The fourth-order valence-electron chi connectivity index (χ4n) is 2.16. The maximum absolute atomic E-state index is 5.60. The summed E-state index contributed by atoms with van der Waals surface area (Å²) in [5.41, 5.74) is 1.43. The van der Waals surface area contributed by atoms with Crippen LogP contribution in [0, 0.1) is 0 Å². The predicted octanol–water partition coefficient (Wildman–Crippen LogP) is 4.08. The van der Waals surface area contributed by atoms with Gasteiger partial charge in [-0.3, -0.25) is 0 Å². The zero-order chi connectivity index (χ0) is 11.5. The summed E-state index contributed by atoms with van der Waals surface area (Å²) in [7, 11) is 0. The zero-order valence-electron chi connectivity index (χ0n) is 10.3. The molecular formula is C14H20OS. The first-order valence-corrected chi connectivity index (χ1v) is 7.26. The molecule has 0 radical (unpaired) electrons. The van der Waals surface area contributed by atoms with Gasteiger partial charge >= 0.3 is 0 Å². The Hall–Kier alpha value is -0.470. The summed E-state index contributed by atoms with van der Waals surface area (Å²) in [6, 6.07) is 8.92. The fraction of sp³-hybridized carbons (Fsp3) is 0.571. The molecular weight excluding hydrogens is 216 g/mol. The predicted molar refractivity (Wildman–Crippen MR) is 70.2 cm³/mol. The Labute approximate surface area is 103 Å². The Kier molecular flexibility index (Phi) is 3.93. The highest BCUT2D eigenvalue weighted by Crippen LogP contribution is 2.34. The van der Waals surface area contributed by atoms with Gasteiger partial charge in [0.25, 0.3) is 0 Å². The van der Waals surface area contributed by atoms with Crippen LogP contribution in [0.3, 0.4) is 0 Å². The largest absolute Gasteiger partial charge is 0.370 e. The van der Waals surface area contributed by atoms with E-state index in [9.17, 15) is 0 Å². The van der Waals surface area contributed by atoms with Crippen molar-refractivity contribution in [3.8, 4) is 0 Å². The second kappa shape index (κ2) is 5.24. The lowest BCUT2D eigenvalue weighted by Crippen LogP contribution is -2.00. The molecule has 0 spiro atoms. The molecule has 1 nitrogen and oxygen atoms in total. The van der Waals surface area contributed by atoms with Crippen LogP contribution < -0.4 is 0 Å². The minimum atomic E-state index is 0.514. The van der Waals surface area contributed by atoms with Crippen molar-refractivity contribution in [2.75, 3.05) is 6.26 Å². The standard InChI is InChI=1S/C14H20OS/c1-4-13-14(15-13)9-10(2)11-5-7-12(16-3)8-6-11/h5-8,10,13-14H,4,9H2,1-3H3. The first kappa shape index (κ1) is 12.0. The molecule has 1 aliphatic heterocycles. The van der Waals surface area contributed by atoms with Gasteiger partial charge in [-0.05, 0) is 42.7 Å². The van der Waals surface area contributed by atoms with Gasteiger partial charge in [-0.15, -0.1) is 11.8 Å². The summed E-state index contributed by atoms with van der Waals surface area (Å²) in [5, 5.41) is 0. The summed E-state index contributed by atoms with van der Waals surface area (Å²) in [4.78, 5) is 1.34. The Morgan fingerprint density at radius 2 is 1.94 bits per heavy atom. The molecule has 0 saturated carbocycles. The number of epoxide rings is 1. The Balaban J connectivity index is 1.90. The van der Waals surface area contributed by atoms with Crippen LogP contribution in [0.2, 0.25) is 0 Å². The maximum atomic E-state index is 5.60. The molecule has 3 unspecified atom stereocenters. The van der Waals surface area contributed by atoms with Gasteiger partial charge in [0.05, 0.1) is 12.2 Å². The molecule has 1 aromatic carbocycles. The molecule has 3 atom stereocenters. The lowest BCUT2D eigenvalue weighted by atomic mass is 9.95. The highest BCUT2D eigenvalue weighted by Gasteiger charge is 2.37. The van der Waals surface area contributed by atoms with Crippen molar-refractivity contribution in [1.29, 1.82) is 0 Å². The zero-order valence-corrected chi connectivity index (χ0v) is 11.1. The minimum Gasteiger partial charge on any atom is -0.370 e. The molecule has 88 valence electrons.